The normalized spacial score (nSPS) is 17.2. The van der Waals surface area contributed by atoms with E-state index in [9.17, 15) is 5.26 Å². The van der Waals surface area contributed by atoms with E-state index in [2.05, 4.69) is 17.0 Å². The zero-order chi connectivity index (χ0) is 13.7. The van der Waals surface area contributed by atoms with Crippen molar-refractivity contribution in [1.82, 2.24) is 4.90 Å². The molecular formula is C15H17N3O. The topological polar surface area (TPSA) is 60.0 Å². The highest BCUT2D eigenvalue weighted by Crippen LogP contribution is 2.27. The van der Waals surface area contributed by atoms with Crippen molar-refractivity contribution in [3.8, 4) is 17.9 Å². The number of rotatable bonds is 3. The Morgan fingerprint density at radius 2 is 1.95 bits per heavy atom. The minimum atomic E-state index is -0.265. The van der Waals surface area contributed by atoms with Crippen molar-refractivity contribution in [3.05, 3.63) is 29.3 Å². The summed E-state index contributed by atoms with van der Waals surface area (Å²) >= 11 is 0. The van der Waals surface area contributed by atoms with Gasteiger partial charge in [0.05, 0.1) is 18.7 Å². The first kappa shape index (κ1) is 13.4. The lowest BCUT2D eigenvalue weighted by Crippen LogP contribution is -2.33. The van der Waals surface area contributed by atoms with Crippen LogP contribution >= 0.6 is 0 Å². The third kappa shape index (κ3) is 2.86. The third-order valence-corrected chi connectivity index (χ3v) is 3.54. The van der Waals surface area contributed by atoms with E-state index < -0.39 is 0 Å². The summed E-state index contributed by atoms with van der Waals surface area (Å²) in [5, 5.41) is 18.5. The van der Waals surface area contributed by atoms with Gasteiger partial charge in [0.25, 0.3) is 0 Å². The number of hydrogen-bond donors (Lipinski definition) is 0. The molecule has 0 radical (unpaired) electrons. The Hall–Kier alpha value is -2.04. The van der Waals surface area contributed by atoms with Gasteiger partial charge >= 0.3 is 0 Å². The minimum absolute atomic E-state index is 0.265. The minimum Gasteiger partial charge on any atom is -0.495 e. The lowest BCUT2D eigenvalue weighted by Gasteiger charge is -2.30. The Labute approximate surface area is 113 Å². The average Bonchev–Trinajstić information content (AvgIpc) is 2.49. The van der Waals surface area contributed by atoms with E-state index in [1.165, 1.54) is 6.42 Å². The lowest BCUT2D eigenvalue weighted by molar-refractivity contribution is 0.196. The van der Waals surface area contributed by atoms with Crippen LogP contribution in [0.4, 0.5) is 0 Å². The van der Waals surface area contributed by atoms with Crippen LogP contribution in [0.3, 0.4) is 0 Å². The van der Waals surface area contributed by atoms with Crippen molar-refractivity contribution in [2.75, 3.05) is 20.2 Å². The summed E-state index contributed by atoms with van der Waals surface area (Å²) in [7, 11) is 1.54. The molecule has 2 rings (SSSR count). The van der Waals surface area contributed by atoms with Crippen LogP contribution < -0.4 is 4.74 Å². The molecule has 98 valence electrons. The molecule has 4 heteroatoms. The van der Waals surface area contributed by atoms with Gasteiger partial charge in [-0.1, -0.05) is 12.5 Å². The number of benzene rings is 1. The van der Waals surface area contributed by atoms with E-state index in [1.807, 2.05) is 6.07 Å². The molecule has 1 aliphatic heterocycles. The van der Waals surface area contributed by atoms with Crippen molar-refractivity contribution < 1.29 is 4.74 Å². The maximum atomic E-state index is 9.42. The van der Waals surface area contributed by atoms with Crippen LogP contribution in [0.1, 0.15) is 36.4 Å². The first-order valence-corrected chi connectivity index (χ1v) is 6.52. The second-order valence-electron chi connectivity index (χ2n) is 4.70. The number of ether oxygens (including phenoxy) is 1. The summed E-state index contributed by atoms with van der Waals surface area (Å²) < 4.78 is 5.13. The molecule has 0 saturated carbocycles. The Morgan fingerprint density at radius 1 is 1.21 bits per heavy atom. The molecule has 1 saturated heterocycles. The number of methoxy groups -OCH3 is 1. The van der Waals surface area contributed by atoms with Crippen molar-refractivity contribution in [3.63, 3.8) is 0 Å². The van der Waals surface area contributed by atoms with Gasteiger partial charge in [0.2, 0.25) is 0 Å². The van der Waals surface area contributed by atoms with E-state index in [1.54, 1.807) is 19.2 Å². The van der Waals surface area contributed by atoms with Crippen LogP contribution in [-0.4, -0.2) is 25.1 Å². The standard InChI is InChI=1S/C15H17N3O/c1-19-15-6-5-12(9-13(15)10-16)14(11-17)18-7-3-2-4-8-18/h5-6,9,14H,2-4,7-8H2,1H3. The predicted molar refractivity (Wildman–Crippen MR) is 71.5 cm³/mol. The van der Waals surface area contributed by atoms with Crippen LogP contribution in [0.5, 0.6) is 5.75 Å². The Kier molecular flexibility index (Phi) is 4.39. The maximum absolute atomic E-state index is 9.42. The number of nitriles is 2. The molecule has 1 aromatic carbocycles. The molecule has 1 unspecified atom stereocenters. The quantitative estimate of drug-likeness (QED) is 0.833. The van der Waals surface area contributed by atoms with Crippen LogP contribution in [0.15, 0.2) is 18.2 Å². The summed E-state index contributed by atoms with van der Waals surface area (Å²) in [5.41, 5.74) is 1.36. The van der Waals surface area contributed by atoms with Crippen molar-refractivity contribution in [2.45, 2.75) is 25.3 Å². The second kappa shape index (κ2) is 6.22. The van der Waals surface area contributed by atoms with Gasteiger partial charge in [-0.2, -0.15) is 10.5 Å². The molecule has 4 nitrogen and oxygen atoms in total. The maximum Gasteiger partial charge on any atom is 0.136 e. The SMILES string of the molecule is COc1ccc(C(C#N)N2CCCCC2)cc1C#N. The van der Waals surface area contributed by atoms with Gasteiger partial charge in [0.1, 0.15) is 17.9 Å². The van der Waals surface area contributed by atoms with E-state index in [-0.39, 0.29) is 6.04 Å². The summed E-state index contributed by atoms with van der Waals surface area (Å²) in [6, 6.07) is 9.61. The molecule has 0 aromatic heterocycles. The Morgan fingerprint density at radius 3 is 2.53 bits per heavy atom. The fourth-order valence-electron chi connectivity index (χ4n) is 2.53. The summed E-state index contributed by atoms with van der Waals surface area (Å²) in [4.78, 5) is 2.19. The highest BCUT2D eigenvalue weighted by atomic mass is 16.5. The molecule has 19 heavy (non-hydrogen) atoms. The second-order valence-corrected chi connectivity index (χ2v) is 4.70. The van der Waals surface area contributed by atoms with E-state index in [0.29, 0.717) is 11.3 Å². The zero-order valence-electron chi connectivity index (χ0n) is 11.1. The number of likely N-dealkylation sites (tertiary alicyclic amines) is 1. The van der Waals surface area contributed by atoms with Gasteiger partial charge in [-0.05, 0) is 43.6 Å². The first-order chi connectivity index (χ1) is 9.30. The molecular weight excluding hydrogens is 238 g/mol. The molecule has 1 aromatic rings. The monoisotopic (exact) mass is 255 g/mol. The van der Waals surface area contributed by atoms with Crippen molar-refractivity contribution in [1.29, 1.82) is 10.5 Å². The molecule has 0 aliphatic carbocycles. The predicted octanol–water partition coefficient (Wildman–Crippen LogP) is 2.62. The fraction of sp³-hybridized carbons (Fsp3) is 0.467. The number of nitrogens with zero attached hydrogens (tertiary/aromatic N) is 3. The highest BCUT2D eigenvalue weighted by molar-refractivity contribution is 5.46. The smallest absolute Gasteiger partial charge is 0.136 e. The van der Waals surface area contributed by atoms with Crippen molar-refractivity contribution >= 4 is 0 Å². The molecule has 1 heterocycles. The summed E-state index contributed by atoms with van der Waals surface area (Å²) in [6.07, 6.45) is 3.51. The van der Waals surface area contributed by atoms with Gasteiger partial charge in [-0.15, -0.1) is 0 Å². The number of hydrogen-bond acceptors (Lipinski definition) is 4. The van der Waals surface area contributed by atoms with Crippen LogP contribution in [0.2, 0.25) is 0 Å². The molecule has 1 aliphatic rings. The lowest BCUT2D eigenvalue weighted by atomic mass is 10.0. The Bertz CT molecular complexity index is 521. The first-order valence-electron chi connectivity index (χ1n) is 6.52. The molecule has 0 spiro atoms. The zero-order valence-corrected chi connectivity index (χ0v) is 11.1. The van der Waals surface area contributed by atoms with Gasteiger partial charge in [-0.25, -0.2) is 0 Å². The van der Waals surface area contributed by atoms with E-state index >= 15 is 0 Å². The van der Waals surface area contributed by atoms with Gasteiger partial charge < -0.3 is 4.74 Å². The highest BCUT2D eigenvalue weighted by Gasteiger charge is 2.22. The fourth-order valence-corrected chi connectivity index (χ4v) is 2.53. The molecule has 0 bridgehead atoms. The van der Waals surface area contributed by atoms with Gasteiger partial charge in [-0.3, -0.25) is 4.90 Å². The Balaban J connectivity index is 2.28. The van der Waals surface area contributed by atoms with Gasteiger partial charge in [0.15, 0.2) is 0 Å². The molecule has 1 atom stereocenters. The third-order valence-electron chi connectivity index (χ3n) is 3.54. The molecule has 0 N–H and O–H groups in total. The van der Waals surface area contributed by atoms with Gasteiger partial charge in [0, 0.05) is 0 Å². The summed E-state index contributed by atoms with van der Waals surface area (Å²) in [5.74, 6) is 0.557. The van der Waals surface area contributed by atoms with Crippen LogP contribution in [-0.2, 0) is 0 Å². The summed E-state index contributed by atoms with van der Waals surface area (Å²) in [6.45, 7) is 1.90. The van der Waals surface area contributed by atoms with Crippen LogP contribution in [0, 0.1) is 22.7 Å². The van der Waals surface area contributed by atoms with E-state index in [0.717, 1.165) is 31.5 Å². The molecule has 1 fully saturated rings. The van der Waals surface area contributed by atoms with Crippen LogP contribution in [0.25, 0.3) is 0 Å². The van der Waals surface area contributed by atoms with E-state index in [4.69, 9.17) is 10.00 Å². The average molecular weight is 255 g/mol. The molecule has 0 amide bonds. The van der Waals surface area contributed by atoms with Crippen molar-refractivity contribution in [2.24, 2.45) is 0 Å². The largest absolute Gasteiger partial charge is 0.495 e. The number of piperidine rings is 1.